The number of nitrogens with zero attached hydrogens (tertiary/aromatic N) is 3. The number of nitrogens with one attached hydrogen (secondary N) is 2. The maximum atomic E-state index is 12.6. The number of hydrogen-bond donors (Lipinski definition) is 2. The second kappa shape index (κ2) is 8.85. The highest BCUT2D eigenvalue weighted by molar-refractivity contribution is 7.18. The minimum Gasteiger partial charge on any atom is -0.483 e. The van der Waals surface area contributed by atoms with Crippen LogP contribution in [0.2, 0.25) is 0 Å². The van der Waals surface area contributed by atoms with Gasteiger partial charge in [-0.2, -0.15) is 0 Å². The number of anilines is 1. The molecular formula is C18H22ClN5O3S. The number of allylic oxidation sites excluding steroid dienone is 1. The Balaban J connectivity index is 1.85. The predicted molar refractivity (Wildman–Crippen MR) is 111 cm³/mol. The highest BCUT2D eigenvalue weighted by atomic mass is 35.5. The molecule has 2 aromatic heterocycles. The number of aryl methyl sites for hydroxylation is 1. The molecule has 8 nitrogen and oxygen atoms in total. The number of thiazole rings is 1. The molecule has 0 fully saturated rings. The fourth-order valence-corrected chi connectivity index (χ4v) is 4.12. The van der Waals surface area contributed by atoms with Crippen molar-refractivity contribution in [1.82, 2.24) is 15.3 Å². The van der Waals surface area contributed by atoms with Gasteiger partial charge in [0.15, 0.2) is 0 Å². The Bertz CT molecular complexity index is 939. The van der Waals surface area contributed by atoms with Gasteiger partial charge in [-0.1, -0.05) is 18.3 Å². The van der Waals surface area contributed by atoms with Crippen LogP contribution in [0.25, 0.3) is 10.3 Å². The Labute approximate surface area is 172 Å². The normalized spacial score (nSPS) is 17.7. The molecule has 0 aliphatic carbocycles. The van der Waals surface area contributed by atoms with Gasteiger partial charge in [0, 0.05) is 24.8 Å². The van der Waals surface area contributed by atoms with E-state index in [9.17, 15) is 4.79 Å². The number of amides is 2. The molecular weight excluding hydrogens is 402 g/mol. The van der Waals surface area contributed by atoms with Crippen molar-refractivity contribution in [3.05, 3.63) is 28.7 Å². The summed E-state index contributed by atoms with van der Waals surface area (Å²) in [6, 6.07) is -0.411. The average molecular weight is 424 g/mol. The number of halogens is 1. The van der Waals surface area contributed by atoms with Crippen molar-refractivity contribution in [3.63, 3.8) is 0 Å². The number of carbonyl (C=O) groups excluding carboxylic acids is 1. The summed E-state index contributed by atoms with van der Waals surface area (Å²) in [6.07, 6.45) is 4.10. The van der Waals surface area contributed by atoms with E-state index in [1.807, 2.05) is 13.8 Å². The second-order valence-electron chi connectivity index (χ2n) is 6.18. The molecule has 2 aromatic rings. The van der Waals surface area contributed by atoms with E-state index in [2.05, 4.69) is 25.6 Å². The van der Waals surface area contributed by atoms with Crippen LogP contribution in [0.3, 0.4) is 0 Å². The Morgan fingerprint density at radius 1 is 1.43 bits per heavy atom. The van der Waals surface area contributed by atoms with E-state index in [0.717, 1.165) is 27.3 Å². The number of ether oxygens (including phenoxy) is 2. The molecule has 3 heterocycles. The Hall–Kier alpha value is -2.23. The molecule has 1 aliphatic rings. The number of methoxy groups -OCH3 is 2. The number of hydrogen-bond acceptors (Lipinski definition) is 7. The van der Waals surface area contributed by atoms with E-state index < -0.39 is 11.4 Å². The van der Waals surface area contributed by atoms with Gasteiger partial charge in [0.2, 0.25) is 5.90 Å². The van der Waals surface area contributed by atoms with Crippen molar-refractivity contribution < 1.29 is 14.3 Å². The summed E-state index contributed by atoms with van der Waals surface area (Å²) in [5.41, 5.74) is 2.73. The molecule has 0 radical (unpaired) electrons. The summed E-state index contributed by atoms with van der Waals surface area (Å²) in [5, 5.41) is 6.12. The third-order valence-corrected chi connectivity index (χ3v) is 5.52. The van der Waals surface area contributed by atoms with E-state index >= 15 is 0 Å². The number of urea groups is 1. The summed E-state index contributed by atoms with van der Waals surface area (Å²) < 4.78 is 10.7. The van der Waals surface area contributed by atoms with Gasteiger partial charge in [-0.15, -0.1) is 11.6 Å². The van der Waals surface area contributed by atoms with Gasteiger partial charge in [-0.25, -0.2) is 19.8 Å². The van der Waals surface area contributed by atoms with Gasteiger partial charge in [0.1, 0.15) is 15.7 Å². The van der Waals surface area contributed by atoms with Crippen LogP contribution >= 0.6 is 22.9 Å². The first-order chi connectivity index (χ1) is 13.5. The van der Waals surface area contributed by atoms with Crippen LogP contribution in [0.4, 0.5) is 10.5 Å². The lowest BCUT2D eigenvalue weighted by atomic mass is 10.1. The lowest BCUT2D eigenvalue weighted by molar-refractivity contribution is 0.102. The molecule has 2 amide bonds. The van der Waals surface area contributed by atoms with E-state index in [4.69, 9.17) is 21.1 Å². The molecule has 1 aliphatic heterocycles. The molecule has 150 valence electrons. The first-order valence-corrected chi connectivity index (χ1v) is 10.0. The van der Waals surface area contributed by atoms with Gasteiger partial charge in [0.25, 0.3) is 0 Å². The van der Waals surface area contributed by atoms with Crippen molar-refractivity contribution in [3.8, 4) is 0 Å². The largest absolute Gasteiger partial charge is 0.483 e. The molecule has 2 N–H and O–H groups in total. The number of carbonyl (C=O) groups is 1. The summed E-state index contributed by atoms with van der Waals surface area (Å²) in [7, 11) is 3.15. The van der Waals surface area contributed by atoms with Gasteiger partial charge >= 0.3 is 6.03 Å². The summed E-state index contributed by atoms with van der Waals surface area (Å²) in [6.45, 7) is 3.94. The smallest absolute Gasteiger partial charge is 0.323 e. The number of aromatic nitrogens is 2. The molecule has 0 bridgehead atoms. The number of alkyl halides is 1. The van der Waals surface area contributed by atoms with Crippen LogP contribution in [-0.2, 0) is 9.47 Å². The fourth-order valence-electron chi connectivity index (χ4n) is 3.03. The van der Waals surface area contributed by atoms with E-state index in [-0.39, 0.29) is 6.10 Å². The standard InChI is InChI=1S/C18H22ClN5O3S/c1-5-13(26-3)14-12(8-21-17-15(14)22-9(2)28-17)24-18(25)23-10-6-11(19)16(27-4)20-7-10/h7-8,11,13H,5-6H2,1-4H3,(H2,23,24,25). The average Bonchev–Trinajstić information content (AvgIpc) is 3.04. The SMILES string of the molecule is CCC(OC)c1c(NC(=O)NC2=CN=C(OC)C(Cl)C2)cnc2sc(C)nc12. The maximum absolute atomic E-state index is 12.6. The Morgan fingerprint density at radius 2 is 2.21 bits per heavy atom. The van der Waals surface area contributed by atoms with Gasteiger partial charge in [-0.3, -0.25) is 0 Å². The van der Waals surface area contributed by atoms with Crippen LogP contribution in [0, 0.1) is 6.92 Å². The minimum atomic E-state index is -0.421. The molecule has 0 spiro atoms. The minimum absolute atomic E-state index is 0.211. The van der Waals surface area contributed by atoms with Crippen LogP contribution < -0.4 is 10.6 Å². The number of rotatable bonds is 5. The van der Waals surface area contributed by atoms with Crippen molar-refractivity contribution in [2.75, 3.05) is 19.5 Å². The van der Waals surface area contributed by atoms with Gasteiger partial charge in [-0.05, 0) is 13.3 Å². The zero-order valence-electron chi connectivity index (χ0n) is 16.1. The predicted octanol–water partition coefficient (Wildman–Crippen LogP) is 4.12. The zero-order chi connectivity index (χ0) is 20.3. The molecule has 2 unspecified atom stereocenters. The highest BCUT2D eigenvalue weighted by Gasteiger charge is 2.23. The number of fused-ring (bicyclic) bond motifs is 1. The quantitative estimate of drug-likeness (QED) is 0.705. The molecule has 28 heavy (non-hydrogen) atoms. The zero-order valence-corrected chi connectivity index (χ0v) is 17.6. The molecule has 3 rings (SSSR count). The topological polar surface area (TPSA) is 97.7 Å². The molecule has 0 saturated carbocycles. The first kappa shape index (κ1) is 20.5. The Morgan fingerprint density at radius 3 is 2.86 bits per heavy atom. The lowest BCUT2D eigenvalue weighted by Gasteiger charge is -2.20. The second-order valence-corrected chi connectivity index (χ2v) is 7.89. The number of pyridine rings is 1. The van der Waals surface area contributed by atoms with Gasteiger partial charge in [0.05, 0.1) is 36.3 Å². The van der Waals surface area contributed by atoms with E-state index in [0.29, 0.717) is 23.7 Å². The monoisotopic (exact) mass is 423 g/mol. The van der Waals surface area contributed by atoms with Crippen molar-refractivity contribution in [1.29, 1.82) is 0 Å². The molecule has 0 saturated heterocycles. The van der Waals surface area contributed by atoms with Crippen molar-refractivity contribution >= 4 is 50.9 Å². The summed E-state index contributed by atoms with van der Waals surface area (Å²) in [5.74, 6) is 0.425. The van der Waals surface area contributed by atoms with Gasteiger partial charge < -0.3 is 20.1 Å². The first-order valence-electron chi connectivity index (χ1n) is 8.78. The van der Waals surface area contributed by atoms with E-state index in [1.165, 1.54) is 24.6 Å². The summed E-state index contributed by atoms with van der Waals surface area (Å²) in [4.78, 5) is 26.5. The molecule has 2 atom stereocenters. The Kier molecular flexibility index (Phi) is 6.48. The van der Waals surface area contributed by atoms with Crippen molar-refractivity contribution in [2.45, 2.75) is 38.2 Å². The van der Waals surface area contributed by atoms with Crippen molar-refractivity contribution in [2.24, 2.45) is 4.99 Å². The lowest BCUT2D eigenvalue weighted by Crippen LogP contribution is -2.32. The van der Waals surface area contributed by atoms with Crippen LogP contribution in [-0.4, -0.2) is 41.5 Å². The third kappa shape index (κ3) is 4.26. The highest BCUT2D eigenvalue weighted by Crippen LogP contribution is 2.35. The summed E-state index contributed by atoms with van der Waals surface area (Å²) >= 11 is 7.70. The van der Waals surface area contributed by atoms with E-state index in [1.54, 1.807) is 13.3 Å². The number of aliphatic imine (C=N–C) groups is 1. The van der Waals surface area contributed by atoms with Crippen LogP contribution in [0.5, 0.6) is 0 Å². The third-order valence-electron chi connectivity index (χ3n) is 4.30. The molecule has 0 aromatic carbocycles. The van der Waals surface area contributed by atoms with Crippen LogP contribution in [0.15, 0.2) is 23.1 Å². The van der Waals surface area contributed by atoms with Crippen LogP contribution in [0.1, 0.15) is 36.4 Å². The fraction of sp³-hybridized carbons (Fsp3) is 0.444. The maximum Gasteiger partial charge on any atom is 0.323 e. The molecule has 10 heteroatoms.